The van der Waals surface area contributed by atoms with Crippen molar-refractivity contribution in [2.24, 2.45) is 0 Å². The summed E-state index contributed by atoms with van der Waals surface area (Å²) in [7, 11) is 1.61. The van der Waals surface area contributed by atoms with Crippen LogP contribution < -0.4 is 15.6 Å². The molecule has 0 unspecified atom stereocenters. The Bertz CT molecular complexity index is 850. The number of hydrogen-bond acceptors (Lipinski definition) is 4. The standard InChI is InChI=1S/C21H25N3O3/c1-27-18-9-6-16(7-10-18)8-11-20(25)22-12-13-24-15-23-19(14-21(24)26)17-4-2-3-5-17/h6-11,14-15,17H,2-5,12-13H2,1H3,(H,22,25)/b11-8+. The lowest BCUT2D eigenvalue weighted by Gasteiger charge is -2.10. The predicted octanol–water partition coefficient (Wildman–Crippen LogP) is 2.74. The lowest BCUT2D eigenvalue weighted by Crippen LogP contribution is -2.30. The van der Waals surface area contributed by atoms with E-state index in [4.69, 9.17) is 4.74 Å². The number of hydrogen-bond donors (Lipinski definition) is 1. The van der Waals surface area contributed by atoms with Crippen molar-refractivity contribution in [2.75, 3.05) is 13.7 Å². The van der Waals surface area contributed by atoms with Crippen LogP contribution in [0.5, 0.6) is 5.75 Å². The first-order chi connectivity index (χ1) is 13.2. The second-order valence-corrected chi connectivity index (χ2v) is 6.72. The molecule has 142 valence electrons. The second kappa shape index (κ2) is 9.16. The molecule has 27 heavy (non-hydrogen) atoms. The average Bonchev–Trinajstić information content (AvgIpc) is 3.23. The van der Waals surface area contributed by atoms with Gasteiger partial charge >= 0.3 is 0 Å². The number of aromatic nitrogens is 2. The molecule has 0 spiro atoms. The second-order valence-electron chi connectivity index (χ2n) is 6.72. The maximum Gasteiger partial charge on any atom is 0.253 e. The van der Waals surface area contributed by atoms with E-state index in [1.165, 1.54) is 23.5 Å². The number of nitrogens with one attached hydrogen (secondary N) is 1. The minimum atomic E-state index is -0.200. The molecular formula is C21H25N3O3. The van der Waals surface area contributed by atoms with E-state index in [0.717, 1.165) is 29.8 Å². The fraction of sp³-hybridized carbons (Fsp3) is 0.381. The minimum absolute atomic E-state index is 0.0603. The Morgan fingerprint density at radius 3 is 2.70 bits per heavy atom. The highest BCUT2D eigenvalue weighted by Crippen LogP contribution is 2.32. The SMILES string of the molecule is COc1ccc(/C=C/C(=O)NCCn2cnc(C3CCCC3)cc2=O)cc1. The van der Waals surface area contributed by atoms with Gasteiger partial charge in [-0.15, -0.1) is 0 Å². The minimum Gasteiger partial charge on any atom is -0.497 e. The Kier molecular flexibility index (Phi) is 6.41. The van der Waals surface area contributed by atoms with Crippen LogP contribution in [0, 0.1) is 0 Å². The molecule has 1 heterocycles. The Hall–Kier alpha value is -2.89. The molecule has 1 aliphatic carbocycles. The molecule has 0 saturated heterocycles. The first kappa shape index (κ1) is 18.9. The van der Waals surface area contributed by atoms with Crippen molar-refractivity contribution in [2.45, 2.75) is 38.1 Å². The number of ether oxygens (including phenoxy) is 1. The predicted molar refractivity (Wildman–Crippen MR) is 105 cm³/mol. The molecule has 0 radical (unpaired) electrons. The van der Waals surface area contributed by atoms with Gasteiger partial charge in [0.1, 0.15) is 5.75 Å². The van der Waals surface area contributed by atoms with Crippen molar-refractivity contribution in [1.29, 1.82) is 0 Å². The van der Waals surface area contributed by atoms with Crippen molar-refractivity contribution in [3.63, 3.8) is 0 Å². The Balaban J connectivity index is 1.47. The van der Waals surface area contributed by atoms with Crippen LogP contribution in [0.15, 0.2) is 47.5 Å². The third kappa shape index (κ3) is 5.29. The van der Waals surface area contributed by atoms with E-state index < -0.39 is 0 Å². The van der Waals surface area contributed by atoms with Gasteiger partial charge in [0.05, 0.1) is 19.1 Å². The fourth-order valence-electron chi connectivity index (χ4n) is 3.30. The van der Waals surface area contributed by atoms with E-state index >= 15 is 0 Å². The monoisotopic (exact) mass is 367 g/mol. The summed E-state index contributed by atoms with van der Waals surface area (Å²) >= 11 is 0. The number of benzene rings is 1. The molecule has 1 amide bonds. The highest BCUT2D eigenvalue weighted by molar-refractivity contribution is 5.91. The van der Waals surface area contributed by atoms with E-state index in [9.17, 15) is 9.59 Å². The van der Waals surface area contributed by atoms with Crippen LogP contribution in [-0.2, 0) is 11.3 Å². The summed E-state index contributed by atoms with van der Waals surface area (Å²) in [6.45, 7) is 0.773. The van der Waals surface area contributed by atoms with Crippen molar-refractivity contribution in [3.05, 3.63) is 64.3 Å². The molecule has 1 aromatic carbocycles. The molecule has 0 aliphatic heterocycles. The van der Waals surface area contributed by atoms with Crippen molar-refractivity contribution < 1.29 is 9.53 Å². The zero-order chi connectivity index (χ0) is 19.1. The van der Waals surface area contributed by atoms with Crippen LogP contribution in [0.4, 0.5) is 0 Å². The van der Waals surface area contributed by atoms with E-state index in [-0.39, 0.29) is 11.5 Å². The smallest absolute Gasteiger partial charge is 0.253 e. The summed E-state index contributed by atoms with van der Waals surface area (Å²) in [6, 6.07) is 9.07. The first-order valence-corrected chi connectivity index (χ1v) is 9.32. The van der Waals surface area contributed by atoms with Crippen LogP contribution in [0.25, 0.3) is 6.08 Å². The largest absolute Gasteiger partial charge is 0.497 e. The van der Waals surface area contributed by atoms with Gasteiger partial charge in [0.2, 0.25) is 5.91 Å². The topological polar surface area (TPSA) is 73.2 Å². The summed E-state index contributed by atoms with van der Waals surface area (Å²) < 4.78 is 6.63. The summed E-state index contributed by atoms with van der Waals surface area (Å²) in [5.74, 6) is 0.999. The van der Waals surface area contributed by atoms with Crippen LogP contribution in [0.2, 0.25) is 0 Å². The highest BCUT2D eigenvalue weighted by atomic mass is 16.5. The molecule has 0 bridgehead atoms. The van der Waals surface area contributed by atoms with Crippen molar-refractivity contribution in [3.8, 4) is 5.75 Å². The van der Waals surface area contributed by atoms with Crippen LogP contribution in [0.3, 0.4) is 0 Å². The molecule has 6 nitrogen and oxygen atoms in total. The average molecular weight is 367 g/mol. The van der Waals surface area contributed by atoms with Crippen LogP contribution in [-0.4, -0.2) is 29.1 Å². The maximum atomic E-state index is 12.2. The van der Waals surface area contributed by atoms with E-state index in [1.807, 2.05) is 24.3 Å². The van der Waals surface area contributed by atoms with E-state index in [0.29, 0.717) is 19.0 Å². The zero-order valence-electron chi connectivity index (χ0n) is 15.6. The van der Waals surface area contributed by atoms with Gasteiger partial charge in [0.25, 0.3) is 5.56 Å². The number of carbonyl (C=O) groups is 1. The third-order valence-corrected chi connectivity index (χ3v) is 4.87. The van der Waals surface area contributed by atoms with Gasteiger partial charge in [-0.25, -0.2) is 4.98 Å². The Labute approximate surface area is 158 Å². The van der Waals surface area contributed by atoms with Crippen molar-refractivity contribution >= 4 is 12.0 Å². The van der Waals surface area contributed by atoms with E-state index in [1.54, 1.807) is 25.6 Å². The number of amides is 1. The zero-order valence-corrected chi connectivity index (χ0v) is 15.6. The van der Waals surface area contributed by atoms with Gasteiger partial charge in [-0.05, 0) is 36.6 Å². The Morgan fingerprint density at radius 1 is 1.30 bits per heavy atom. The normalized spacial score (nSPS) is 14.6. The van der Waals surface area contributed by atoms with Crippen molar-refractivity contribution in [1.82, 2.24) is 14.9 Å². The number of rotatable bonds is 7. The molecule has 1 saturated carbocycles. The van der Waals surface area contributed by atoms with Crippen LogP contribution in [0.1, 0.15) is 42.9 Å². The molecule has 6 heteroatoms. The molecule has 1 N–H and O–H groups in total. The third-order valence-electron chi connectivity index (χ3n) is 4.87. The van der Waals surface area contributed by atoms with Gasteiger partial charge in [-0.3, -0.25) is 14.2 Å². The molecular weight excluding hydrogens is 342 g/mol. The summed E-state index contributed by atoms with van der Waals surface area (Å²) in [6.07, 6.45) is 9.47. The maximum absolute atomic E-state index is 12.2. The summed E-state index contributed by atoms with van der Waals surface area (Å²) in [5, 5.41) is 2.78. The van der Waals surface area contributed by atoms with Gasteiger partial charge in [0, 0.05) is 31.1 Å². The molecule has 2 aromatic rings. The fourth-order valence-corrected chi connectivity index (χ4v) is 3.30. The van der Waals surface area contributed by atoms with Gasteiger partial charge in [-0.1, -0.05) is 25.0 Å². The highest BCUT2D eigenvalue weighted by Gasteiger charge is 2.18. The van der Waals surface area contributed by atoms with Gasteiger partial charge in [0.15, 0.2) is 0 Å². The van der Waals surface area contributed by atoms with Gasteiger partial charge in [-0.2, -0.15) is 0 Å². The first-order valence-electron chi connectivity index (χ1n) is 9.32. The summed E-state index contributed by atoms with van der Waals surface area (Å²) in [4.78, 5) is 28.6. The molecule has 1 aromatic heterocycles. The lowest BCUT2D eigenvalue weighted by molar-refractivity contribution is -0.116. The number of methoxy groups -OCH3 is 1. The lowest BCUT2D eigenvalue weighted by atomic mass is 10.0. The van der Waals surface area contributed by atoms with Gasteiger partial charge < -0.3 is 10.1 Å². The Morgan fingerprint density at radius 2 is 2.04 bits per heavy atom. The number of nitrogens with zero attached hydrogens (tertiary/aromatic N) is 2. The quantitative estimate of drug-likeness (QED) is 0.764. The summed E-state index contributed by atoms with van der Waals surface area (Å²) in [5.41, 5.74) is 1.75. The van der Waals surface area contributed by atoms with E-state index in [2.05, 4.69) is 10.3 Å². The molecule has 3 rings (SSSR count). The molecule has 0 atom stereocenters. The number of carbonyl (C=O) groups excluding carboxylic acids is 1. The molecule has 1 fully saturated rings. The van der Waals surface area contributed by atoms with Crippen LogP contribution >= 0.6 is 0 Å². The molecule has 1 aliphatic rings.